The van der Waals surface area contributed by atoms with Crippen LogP contribution in [0.25, 0.3) is 4.96 Å². The van der Waals surface area contributed by atoms with E-state index in [0.29, 0.717) is 22.2 Å². The molecule has 0 N–H and O–H groups in total. The zero-order valence-corrected chi connectivity index (χ0v) is 10.9. The third-order valence-corrected chi connectivity index (χ3v) is 3.41. The van der Waals surface area contributed by atoms with E-state index < -0.39 is 0 Å². The number of rotatable bonds is 4. The van der Waals surface area contributed by atoms with Gasteiger partial charge in [-0.3, -0.25) is 9.20 Å². The van der Waals surface area contributed by atoms with Crippen LogP contribution in [0.15, 0.2) is 35.8 Å². The van der Waals surface area contributed by atoms with Crippen LogP contribution >= 0.6 is 11.3 Å². The number of imidazole rings is 1. The lowest BCUT2D eigenvalue weighted by atomic mass is 10.3. The molecule has 0 aliphatic rings. The number of fused-ring (bicyclic) bond motifs is 1. The molecule has 2 heterocycles. The fraction of sp³-hybridized carbons (Fsp3) is 0.0769. The number of ether oxygens (including phenoxy) is 2. The van der Waals surface area contributed by atoms with Crippen molar-refractivity contribution < 1.29 is 14.3 Å². The first kappa shape index (κ1) is 11.7. The number of aldehydes is 1. The van der Waals surface area contributed by atoms with E-state index in [-0.39, 0.29) is 5.88 Å². The van der Waals surface area contributed by atoms with Crippen molar-refractivity contribution in [1.29, 1.82) is 0 Å². The third-order valence-electron chi connectivity index (χ3n) is 2.65. The van der Waals surface area contributed by atoms with Gasteiger partial charge in [0, 0.05) is 11.6 Å². The molecule has 6 heteroatoms. The second kappa shape index (κ2) is 4.74. The lowest BCUT2D eigenvalue weighted by molar-refractivity contribution is 0.111. The monoisotopic (exact) mass is 274 g/mol. The molecule has 0 bridgehead atoms. The van der Waals surface area contributed by atoms with E-state index >= 15 is 0 Å². The van der Waals surface area contributed by atoms with Crippen molar-refractivity contribution in [3.05, 3.63) is 41.5 Å². The van der Waals surface area contributed by atoms with Gasteiger partial charge in [-0.2, -0.15) is 4.98 Å². The Kier molecular flexibility index (Phi) is 2.92. The minimum atomic E-state index is 0.284. The molecule has 96 valence electrons. The smallest absolute Gasteiger partial charge is 0.250 e. The average molecular weight is 274 g/mol. The molecule has 3 aromatic rings. The van der Waals surface area contributed by atoms with Crippen molar-refractivity contribution >= 4 is 22.6 Å². The summed E-state index contributed by atoms with van der Waals surface area (Å²) >= 11 is 1.44. The zero-order valence-electron chi connectivity index (χ0n) is 10.1. The predicted molar refractivity (Wildman–Crippen MR) is 71.5 cm³/mol. The largest absolute Gasteiger partial charge is 0.493 e. The molecule has 0 saturated heterocycles. The first-order valence-electron chi connectivity index (χ1n) is 5.55. The Morgan fingerprint density at radius 2 is 2.11 bits per heavy atom. The molecule has 3 rings (SSSR count). The normalized spacial score (nSPS) is 10.6. The summed E-state index contributed by atoms with van der Waals surface area (Å²) in [7, 11) is 1.56. The second-order valence-electron chi connectivity index (χ2n) is 3.73. The number of carbonyl (C=O) groups is 1. The molecular formula is C13H10N2O3S. The summed E-state index contributed by atoms with van der Waals surface area (Å²) in [4.78, 5) is 16.2. The van der Waals surface area contributed by atoms with Crippen LogP contribution in [-0.4, -0.2) is 22.8 Å². The summed E-state index contributed by atoms with van der Waals surface area (Å²) in [6.45, 7) is 0. The number of thiazole rings is 1. The number of benzene rings is 1. The topological polar surface area (TPSA) is 52.8 Å². The lowest BCUT2D eigenvalue weighted by Crippen LogP contribution is -1.94. The average Bonchev–Trinajstić information content (AvgIpc) is 2.99. The molecule has 0 unspecified atom stereocenters. The van der Waals surface area contributed by atoms with Crippen LogP contribution in [0.4, 0.5) is 0 Å². The summed E-state index contributed by atoms with van der Waals surface area (Å²) in [6, 6.07) is 7.23. The standard InChI is InChI=1S/C13H10N2O3S/c1-17-10-4-2-3-5-11(10)18-12-9(8-16)15-6-7-19-13(15)14-12/h2-8H,1H3. The van der Waals surface area contributed by atoms with E-state index in [1.54, 1.807) is 29.8 Å². The van der Waals surface area contributed by atoms with Crippen LogP contribution < -0.4 is 9.47 Å². The van der Waals surface area contributed by atoms with E-state index in [1.165, 1.54) is 11.3 Å². The van der Waals surface area contributed by atoms with Crippen LogP contribution in [0.2, 0.25) is 0 Å². The number of para-hydroxylation sites is 2. The van der Waals surface area contributed by atoms with Gasteiger partial charge in [-0.1, -0.05) is 12.1 Å². The van der Waals surface area contributed by atoms with Crippen molar-refractivity contribution in [2.75, 3.05) is 7.11 Å². The molecule has 0 atom stereocenters. The fourth-order valence-corrected chi connectivity index (χ4v) is 2.49. The first-order valence-corrected chi connectivity index (χ1v) is 6.43. The van der Waals surface area contributed by atoms with E-state index in [1.807, 2.05) is 17.5 Å². The maximum absolute atomic E-state index is 11.2. The number of nitrogens with zero attached hydrogens (tertiary/aromatic N) is 2. The van der Waals surface area contributed by atoms with Gasteiger partial charge in [0.05, 0.1) is 7.11 Å². The van der Waals surface area contributed by atoms with Gasteiger partial charge in [-0.25, -0.2) is 0 Å². The van der Waals surface area contributed by atoms with Crippen LogP contribution in [0.5, 0.6) is 17.4 Å². The summed E-state index contributed by atoms with van der Waals surface area (Å²) in [5.41, 5.74) is 0.391. The quantitative estimate of drug-likeness (QED) is 0.686. The highest BCUT2D eigenvalue weighted by molar-refractivity contribution is 7.15. The summed E-state index contributed by atoms with van der Waals surface area (Å²) in [6.07, 6.45) is 2.52. The molecular weight excluding hydrogens is 264 g/mol. The van der Waals surface area contributed by atoms with Gasteiger partial charge >= 0.3 is 0 Å². The maximum atomic E-state index is 11.2. The molecule has 0 spiro atoms. The van der Waals surface area contributed by atoms with Gasteiger partial charge in [0.2, 0.25) is 5.88 Å². The Hall–Kier alpha value is -2.34. The molecule has 0 amide bonds. The zero-order chi connectivity index (χ0) is 13.2. The van der Waals surface area contributed by atoms with E-state index in [4.69, 9.17) is 9.47 Å². The van der Waals surface area contributed by atoms with Gasteiger partial charge in [0.15, 0.2) is 28.4 Å². The van der Waals surface area contributed by atoms with Crippen molar-refractivity contribution in [2.45, 2.75) is 0 Å². The van der Waals surface area contributed by atoms with Crippen LogP contribution in [-0.2, 0) is 0 Å². The Morgan fingerprint density at radius 1 is 1.32 bits per heavy atom. The summed E-state index contributed by atoms with van der Waals surface area (Å²) < 4.78 is 12.6. The number of aromatic nitrogens is 2. The SMILES string of the molecule is COc1ccccc1Oc1nc2sccn2c1C=O. The molecule has 0 radical (unpaired) electrons. The molecule has 0 saturated carbocycles. The summed E-state index contributed by atoms with van der Waals surface area (Å²) in [5.74, 6) is 1.40. The molecule has 0 fully saturated rings. The number of carbonyl (C=O) groups excluding carboxylic acids is 1. The molecule has 5 nitrogen and oxygen atoms in total. The van der Waals surface area contributed by atoms with Gasteiger partial charge in [-0.15, -0.1) is 11.3 Å². The molecule has 1 aromatic carbocycles. The molecule has 0 aliphatic carbocycles. The Balaban J connectivity index is 2.05. The third kappa shape index (κ3) is 1.96. The minimum absolute atomic E-state index is 0.284. The maximum Gasteiger partial charge on any atom is 0.250 e. The van der Waals surface area contributed by atoms with Gasteiger partial charge in [0.25, 0.3) is 0 Å². The van der Waals surface area contributed by atoms with Crippen molar-refractivity contribution in [2.24, 2.45) is 0 Å². The van der Waals surface area contributed by atoms with Crippen molar-refractivity contribution in [3.63, 3.8) is 0 Å². The summed E-state index contributed by atoms with van der Waals surface area (Å²) in [5, 5.41) is 1.86. The van der Waals surface area contributed by atoms with E-state index in [2.05, 4.69) is 4.98 Å². The highest BCUT2D eigenvalue weighted by Gasteiger charge is 2.16. The lowest BCUT2D eigenvalue weighted by Gasteiger charge is -2.07. The second-order valence-corrected chi connectivity index (χ2v) is 4.60. The molecule has 2 aromatic heterocycles. The van der Waals surface area contributed by atoms with Crippen LogP contribution in [0.3, 0.4) is 0 Å². The van der Waals surface area contributed by atoms with Gasteiger partial charge < -0.3 is 9.47 Å². The number of methoxy groups -OCH3 is 1. The van der Waals surface area contributed by atoms with Crippen LogP contribution in [0.1, 0.15) is 10.5 Å². The number of hydrogen-bond acceptors (Lipinski definition) is 5. The van der Waals surface area contributed by atoms with Crippen molar-refractivity contribution in [1.82, 2.24) is 9.38 Å². The minimum Gasteiger partial charge on any atom is -0.493 e. The Labute approximate surface area is 113 Å². The predicted octanol–water partition coefficient (Wildman–Crippen LogP) is 3.01. The highest BCUT2D eigenvalue weighted by atomic mass is 32.1. The first-order chi connectivity index (χ1) is 9.33. The van der Waals surface area contributed by atoms with Crippen LogP contribution in [0, 0.1) is 0 Å². The Bertz CT molecular complexity index is 732. The molecule has 19 heavy (non-hydrogen) atoms. The molecule has 0 aliphatic heterocycles. The van der Waals surface area contributed by atoms with E-state index in [0.717, 1.165) is 6.29 Å². The number of hydrogen-bond donors (Lipinski definition) is 0. The van der Waals surface area contributed by atoms with E-state index in [9.17, 15) is 4.79 Å². The highest BCUT2D eigenvalue weighted by Crippen LogP contribution is 2.32. The Morgan fingerprint density at radius 3 is 2.84 bits per heavy atom. The van der Waals surface area contributed by atoms with Gasteiger partial charge in [-0.05, 0) is 12.1 Å². The van der Waals surface area contributed by atoms with Gasteiger partial charge in [0.1, 0.15) is 0 Å². The fourth-order valence-electron chi connectivity index (χ4n) is 1.77. The van der Waals surface area contributed by atoms with Crippen molar-refractivity contribution in [3.8, 4) is 17.4 Å².